The van der Waals surface area contributed by atoms with Gasteiger partial charge >= 0.3 is 0 Å². The molecule has 0 radical (unpaired) electrons. The minimum absolute atomic E-state index is 0.204. The van der Waals surface area contributed by atoms with E-state index in [4.69, 9.17) is 10.5 Å². The lowest BCUT2D eigenvalue weighted by molar-refractivity contribution is 0.102. The maximum atomic E-state index is 14.4. The van der Waals surface area contributed by atoms with Crippen molar-refractivity contribution in [2.24, 2.45) is 10.7 Å². The Morgan fingerprint density at radius 2 is 2.19 bits per heavy atom. The largest absolute Gasteiger partial charge is 0.386 e. The summed E-state index contributed by atoms with van der Waals surface area (Å²) in [4.78, 5) is 21.0. The average Bonchev–Trinajstić information content (AvgIpc) is 2.56. The van der Waals surface area contributed by atoms with E-state index in [1.165, 1.54) is 12.1 Å². The number of aromatic nitrogens is 1. The van der Waals surface area contributed by atoms with Crippen LogP contribution in [0.1, 0.15) is 28.5 Å². The van der Waals surface area contributed by atoms with Gasteiger partial charge in [0.2, 0.25) is 0 Å². The Morgan fingerprint density at radius 3 is 2.88 bits per heavy atom. The summed E-state index contributed by atoms with van der Waals surface area (Å²) in [5.41, 5.74) is 6.57. The molecule has 1 aliphatic rings. The number of halogens is 2. The van der Waals surface area contributed by atoms with Crippen LogP contribution in [0, 0.1) is 12.7 Å². The molecular formula is C18H18BrFN4O2. The number of carbonyl (C=O) groups is 1. The Kier molecular flexibility index (Phi) is 5.06. The van der Waals surface area contributed by atoms with Crippen LogP contribution in [0.25, 0.3) is 0 Å². The number of ether oxygens (including phenoxy) is 1. The molecule has 3 rings (SSSR count). The number of nitrogens with one attached hydrogen (secondary N) is 1. The van der Waals surface area contributed by atoms with Crippen molar-refractivity contribution in [2.45, 2.75) is 19.4 Å². The third kappa shape index (κ3) is 3.76. The Morgan fingerprint density at radius 1 is 1.42 bits per heavy atom. The van der Waals surface area contributed by atoms with Gasteiger partial charge in [0.1, 0.15) is 29.5 Å². The summed E-state index contributed by atoms with van der Waals surface area (Å²) in [6.45, 7) is 3.96. The van der Waals surface area contributed by atoms with Crippen molar-refractivity contribution in [3.63, 3.8) is 0 Å². The summed E-state index contributed by atoms with van der Waals surface area (Å²) in [5, 5.41) is 2.75. The van der Waals surface area contributed by atoms with Gasteiger partial charge in [-0.15, -0.1) is 0 Å². The first-order valence-corrected chi connectivity index (χ1v) is 8.73. The fourth-order valence-corrected chi connectivity index (χ4v) is 3.30. The van der Waals surface area contributed by atoms with Gasteiger partial charge in [-0.05, 0) is 59.6 Å². The van der Waals surface area contributed by atoms with Gasteiger partial charge in [-0.25, -0.2) is 9.37 Å². The molecule has 0 saturated carbocycles. The highest BCUT2D eigenvalue weighted by atomic mass is 79.9. The number of pyridine rings is 1. The number of aryl methyl sites for hydroxylation is 1. The first-order valence-electron chi connectivity index (χ1n) is 7.94. The second kappa shape index (κ2) is 7.13. The third-order valence-corrected chi connectivity index (χ3v) is 4.52. The van der Waals surface area contributed by atoms with Crippen molar-refractivity contribution in [1.29, 1.82) is 0 Å². The van der Waals surface area contributed by atoms with Crippen molar-refractivity contribution in [2.75, 3.05) is 18.5 Å². The minimum Gasteiger partial charge on any atom is -0.386 e. The van der Waals surface area contributed by atoms with E-state index in [2.05, 4.69) is 31.2 Å². The molecule has 136 valence electrons. The van der Waals surface area contributed by atoms with E-state index in [-0.39, 0.29) is 19.1 Å². The molecule has 26 heavy (non-hydrogen) atoms. The number of nitrogens with zero attached hydrogens (tertiary/aromatic N) is 2. The molecule has 1 aromatic carbocycles. The van der Waals surface area contributed by atoms with Gasteiger partial charge in [-0.2, -0.15) is 0 Å². The number of aliphatic imine (C=N–C) groups is 1. The number of anilines is 1. The van der Waals surface area contributed by atoms with Crippen LogP contribution in [-0.4, -0.2) is 29.9 Å². The Labute approximate surface area is 158 Å². The van der Waals surface area contributed by atoms with E-state index in [0.717, 1.165) is 10.0 Å². The molecule has 0 bridgehead atoms. The van der Waals surface area contributed by atoms with E-state index in [9.17, 15) is 9.18 Å². The van der Waals surface area contributed by atoms with Crippen molar-refractivity contribution >= 4 is 33.4 Å². The Bertz CT molecular complexity index is 903. The maximum absolute atomic E-state index is 14.4. The number of carbonyl (C=O) groups excluding carboxylic acids is 1. The van der Waals surface area contributed by atoms with E-state index in [1.54, 1.807) is 32.2 Å². The number of benzene rings is 1. The van der Waals surface area contributed by atoms with Crippen molar-refractivity contribution < 1.29 is 13.9 Å². The van der Waals surface area contributed by atoms with Gasteiger partial charge < -0.3 is 15.8 Å². The fourth-order valence-electron chi connectivity index (χ4n) is 2.86. The summed E-state index contributed by atoms with van der Waals surface area (Å²) in [5.74, 6) is -0.506. The highest BCUT2D eigenvalue weighted by Gasteiger charge is 2.33. The van der Waals surface area contributed by atoms with E-state index >= 15 is 0 Å². The Balaban J connectivity index is 1.90. The molecule has 0 fully saturated rings. The number of amidine groups is 1. The van der Waals surface area contributed by atoms with Crippen LogP contribution in [0.3, 0.4) is 0 Å². The smallest absolute Gasteiger partial charge is 0.274 e. The van der Waals surface area contributed by atoms with E-state index in [0.29, 0.717) is 22.8 Å². The molecule has 1 unspecified atom stereocenters. The molecule has 0 aliphatic carbocycles. The lowest BCUT2D eigenvalue weighted by Crippen LogP contribution is -2.38. The molecule has 1 amide bonds. The summed E-state index contributed by atoms with van der Waals surface area (Å²) in [7, 11) is 0. The van der Waals surface area contributed by atoms with Gasteiger partial charge in [-0.1, -0.05) is 0 Å². The molecule has 2 aromatic rings. The molecule has 3 N–H and O–H groups in total. The summed E-state index contributed by atoms with van der Waals surface area (Å²) < 4.78 is 20.6. The van der Waals surface area contributed by atoms with Crippen molar-refractivity contribution in [3.05, 3.63) is 57.6 Å². The standard InChI is InChI=1S/C18H18BrFN4O2/c1-10-5-11(19)7-22-16(10)17(25)23-12-3-4-14(20)13(6-12)18(2)9-26-8-15(21)24-18/h3-7H,8-9H2,1-2H3,(H2,21,24)(H,23,25). The highest BCUT2D eigenvalue weighted by Crippen LogP contribution is 2.32. The van der Waals surface area contributed by atoms with Crippen LogP contribution < -0.4 is 11.1 Å². The van der Waals surface area contributed by atoms with Crippen LogP contribution >= 0.6 is 15.9 Å². The van der Waals surface area contributed by atoms with Crippen LogP contribution in [0.4, 0.5) is 10.1 Å². The third-order valence-electron chi connectivity index (χ3n) is 4.09. The first-order chi connectivity index (χ1) is 12.3. The Hall–Kier alpha value is -2.32. The lowest BCUT2D eigenvalue weighted by atomic mass is 9.92. The number of rotatable bonds is 3. The zero-order chi connectivity index (χ0) is 18.9. The molecular weight excluding hydrogens is 403 g/mol. The normalized spacial score (nSPS) is 19.8. The van der Waals surface area contributed by atoms with Crippen LogP contribution in [0.2, 0.25) is 0 Å². The first kappa shape index (κ1) is 18.5. The maximum Gasteiger partial charge on any atom is 0.274 e. The molecule has 0 saturated heterocycles. The minimum atomic E-state index is -0.946. The van der Waals surface area contributed by atoms with Crippen LogP contribution in [-0.2, 0) is 10.3 Å². The van der Waals surface area contributed by atoms with E-state index < -0.39 is 11.4 Å². The number of hydrogen-bond donors (Lipinski definition) is 2. The lowest BCUT2D eigenvalue weighted by Gasteiger charge is -2.30. The molecule has 1 atom stereocenters. The van der Waals surface area contributed by atoms with Gasteiger partial charge in [0, 0.05) is 21.9 Å². The number of amides is 1. The van der Waals surface area contributed by atoms with Crippen LogP contribution in [0.15, 0.2) is 39.9 Å². The van der Waals surface area contributed by atoms with Crippen molar-refractivity contribution in [3.8, 4) is 0 Å². The molecule has 0 spiro atoms. The predicted octanol–water partition coefficient (Wildman–Crippen LogP) is 3.15. The second-order valence-corrected chi connectivity index (χ2v) is 7.25. The molecule has 1 aliphatic heterocycles. The summed E-state index contributed by atoms with van der Waals surface area (Å²) in [6.07, 6.45) is 1.55. The fraction of sp³-hybridized carbons (Fsp3) is 0.278. The molecule has 1 aromatic heterocycles. The molecule has 2 heterocycles. The summed E-state index contributed by atoms with van der Waals surface area (Å²) >= 11 is 3.31. The van der Waals surface area contributed by atoms with Gasteiger partial charge in [-0.3, -0.25) is 9.79 Å². The number of hydrogen-bond acceptors (Lipinski definition) is 5. The predicted molar refractivity (Wildman–Crippen MR) is 101 cm³/mol. The summed E-state index contributed by atoms with van der Waals surface area (Å²) in [6, 6.07) is 6.13. The SMILES string of the molecule is Cc1cc(Br)cnc1C(=O)Nc1ccc(F)c(C2(C)COCC(N)=N2)c1. The topological polar surface area (TPSA) is 89.6 Å². The second-order valence-electron chi connectivity index (χ2n) is 6.34. The van der Waals surface area contributed by atoms with Crippen LogP contribution in [0.5, 0.6) is 0 Å². The quantitative estimate of drug-likeness (QED) is 0.797. The molecule has 6 nitrogen and oxygen atoms in total. The monoisotopic (exact) mass is 420 g/mol. The van der Waals surface area contributed by atoms with Crippen molar-refractivity contribution in [1.82, 2.24) is 4.98 Å². The van der Waals surface area contributed by atoms with Gasteiger partial charge in [0.25, 0.3) is 5.91 Å². The average molecular weight is 421 g/mol. The number of nitrogens with two attached hydrogens (primary N) is 1. The van der Waals surface area contributed by atoms with E-state index in [1.807, 2.05) is 0 Å². The zero-order valence-corrected chi connectivity index (χ0v) is 15.9. The van der Waals surface area contributed by atoms with Gasteiger partial charge in [0.15, 0.2) is 0 Å². The molecule has 8 heteroatoms. The van der Waals surface area contributed by atoms with Gasteiger partial charge in [0.05, 0.1) is 6.61 Å². The highest BCUT2D eigenvalue weighted by molar-refractivity contribution is 9.10. The zero-order valence-electron chi connectivity index (χ0n) is 14.3.